The molecule has 1 N–H and O–H groups in total. The van der Waals surface area contributed by atoms with E-state index in [2.05, 4.69) is 27.3 Å². The van der Waals surface area contributed by atoms with Crippen LogP contribution in [-0.4, -0.2) is 50.1 Å². The Hall–Kier alpha value is -3.04. The lowest BCUT2D eigenvalue weighted by Crippen LogP contribution is -2.52. The monoisotopic (exact) mass is 364 g/mol. The van der Waals surface area contributed by atoms with Gasteiger partial charge in [0.05, 0.1) is 30.5 Å². The first-order chi connectivity index (χ1) is 13.1. The molecule has 0 spiro atoms. The number of nitriles is 1. The van der Waals surface area contributed by atoms with Crippen LogP contribution < -0.4 is 15.0 Å². The van der Waals surface area contributed by atoms with E-state index in [0.717, 1.165) is 37.6 Å². The van der Waals surface area contributed by atoms with E-state index in [0.29, 0.717) is 11.3 Å². The highest BCUT2D eigenvalue weighted by molar-refractivity contribution is 5.94. The van der Waals surface area contributed by atoms with Gasteiger partial charge >= 0.3 is 0 Å². The summed E-state index contributed by atoms with van der Waals surface area (Å²) in [7, 11) is 1.69. The first-order valence-electron chi connectivity index (χ1n) is 9.05. The number of amides is 1. The van der Waals surface area contributed by atoms with Crippen molar-refractivity contribution in [3.8, 4) is 11.8 Å². The quantitative estimate of drug-likeness (QED) is 0.883. The predicted molar refractivity (Wildman–Crippen MR) is 106 cm³/mol. The number of methoxy groups -OCH3 is 1. The largest absolute Gasteiger partial charge is 0.495 e. The summed E-state index contributed by atoms with van der Waals surface area (Å²) >= 11 is 0. The van der Waals surface area contributed by atoms with Crippen LogP contribution in [0.2, 0.25) is 0 Å². The summed E-state index contributed by atoms with van der Waals surface area (Å²) in [6.45, 7) is 5.22. The molecular weight excluding hydrogens is 340 g/mol. The third kappa shape index (κ3) is 4.39. The summed E-state index contributed by atoms with van der Waals surface area (Å²) in [4.78, 5) is 17.0. The minimum Gasteiger partial charge on any atom is -0.495 e. The molecule has 1 atom stereocenters. The minimum atomic E-state index is -0.222. The first-order valence-corrected chi connectivity index (χ1v) is 9.05. The molecule has 2 aromatic rings. The summed E-state index contributed by atoms with van der Waals surface area (Å²) in [6.07, 6.45) is 0. The Balaban J connectivity index is 1.56. The zero-order valence-corrected chi connectivity index (χ0v) is 15.7. The molecule has 6 heteroatoms. The Morgan fingerprint density at radius 3 is 2.41 bits per heavy atom. The van der Waals surface area contributed by atoms with E-state index in [4.69, 9.17) is 10.00 Å². The van der Waals surface area contributed by atoms with Gasteiger partial charge in [0.2, 0.25) is 5.91 Å². The van der Waals surface area contributed by atoms with Gasteiger partial charge < -0.3 is 15.0 Å². The minimum absolute atomic E-state index is 0.0366. The fourth-order valence-corrected chi connectivity index (χ4v) is 3.28. The molecule has 0 radical (unpaired) electrons. The maximum absolute atomic E-state index is 12.6. The smallest absolute Gasteiger partial charge is 0.241 e. The van der Waals surface area contributed by atoms with Gasteiger partial charge in [0.15, 0.2) is 0 Å². The summed E-state index contributed by atoms with van der Waals surface area (Å²) in [6, 6.07) is 16.8. The van der Waals surface area contributed by atoms with Crippen LogP contribution in [0.25, 0.3) is 0 Å². The number of para-hydroxylation sites is 2. The second kappa shape index (κ2) is 8.56. The number of benzene rings is 2. The van der Waals surface area contributed by atoms with Gasteiger partial charge in [-0.2, -0.15) is 5.26 Å². The zero-order valence-electron chi connectivity index (χ0n) is 15.7. The van der Waals surface area contributed by atoms with Crippen molar-refractivity contribution in [3.05, 3.63) is 54.1 Å². The van der Waals surface area contributed by atoms with Crippen molar-refractivity contribution in [2.75, 3.05) is 43.5 Å². The topological polar surface area (TPSA) is 68.6 Å². The Labute approximate surface area is 160 Å². The van der Waals surface area contributed by atoms with Crippen LogP contribution >= 0.6 is 0 Å². The fourth-order valence-electron chi connectivity index (χ4n) is 3.28. The van der Waals surface area contributed by atoms with Crippen molar-refractivity contribution in [1.82, 2.24) is 4.90 Å². The Morgan fingerprint density at radius 1 is 1.11 bits per heavy atom. The molecule has 0 unspecified atom stereocenters. The molecule has 1 amide bonds. The molecule has 140 valence electrons. The van der Waals surface area contributed by atoms with Crippen LogP contribution in [0.5, 0.6) is 5.75 Å². The molecule has 27 heavy (non-hydrogen) atoms. The molecule has 0 saturated carbocycles. The average molecular weight is 364 g/mol. The molecular formula is C21H24N4O2. The number of nitrogens with one attached hydrogen (secondary N) is 1. The SMILES string of the molecule is COc1ccccc1N1CCN([C@@H](C)C(=O)Nc2ccc(C#N)cc2)CC1. The summed E-state index contributed by atoms with van der Waals surface area (Å²) in [5.41, 5.74) is 2.38. The second-order valence-corrected chi connectivity index (χ2v) is 6.55. The summed E-state index contributed by atoms with van der Waals surface area (Å²) in [5.74, 6) is 0.836. The average Bonchev–Trinajstić information content (AvgIpc) is 2.73. The second-order valence-electron chi connectivity index (χ2n) is 6.55. The highest BCUT2D eigenvalue weighted by Gasteiger charge is 2.26. The predicted octanol–water partition coefficient (Wildman–Crippen LogP) is 2.72. The number of carbonyl (C=O) groups excluding carboxylic acids is 1. The number of hydrogen-bond acceptors (Lipinski definition) is 5. The molecule has 3 rings (SSSR count). The van der Waals surface area contributed by atoms with Crippen molar-refractivity contribution in [2.24, 2.45) is 0 Å². The lowest BCUT2D eigenvalue weighted by molar-refractivity contribution is -0.120. The van der Waals surface area contributed by atoms with Crippen LogP contribution in [0.4, 0.5) is 11.4 Å². The van der Waals surface area contributed by atoms with Crippen molar-refractivity contribution < 1.29 is 9.53 Å². The maximum Gasteiger partial charge on any atom is 0.241 e. The highest BCUT2D eigenvalue weighted by Crippen LogP contribution is 2.28. The molecule has 2 aromatic carbocycles. The highest BCUT2D eigenvalue weighted by atomic mass is 16.5. The third-order valence-corrected chi connectivity index (χ3v) is 4.95. The van der Waals surface area contributed by atoms with Crippen LogP contribution in [0, 0.1) is 11.3 Å². The number of hydrogen-bond donors (Lipinski definition) is 1. The lowest BCUT2D eigenvalue weighted by atomic mass is 10.1. The number of piperazine rings is 1. The number of carbonyl (C=O) groups is 1. The first kappa shape index (κ1) is 18.7. The van der Waals surface area contributed by atoms with Crippen LogP contribution in [0.15, 0.2) is 48.5 Å². The van der Waals surface area contributed by atoms with Gasteiger partial charge in [-0.15, -0.1) is 0 Å². The Kier molecular flexibility index (Phi) is 5.94. The van der Waals surface area contributed by atoms with Gasteiger partial charge in [0.25, 0.3) is 0 Å². The van der Waals surface area contributed by atoms with Gasteiger partial charge in [-0.1, -0.05) is 12.1 Å². The van der Waals surface area contributed by atoms with E-state index >= 15 is 0 Å². The molecule has 1 aliphatic rings. The van der Waals surface area contributed by atoms with Crippen molar-refractivity contribution in [2.45, 2.75) is 13.0 Å². The normalized spacial score (nSPS) is 15.7. The number of nitrogens with zero attached hydrogens (tertiary/aromatic N) is 3. The molecule has 0 bridgehead atoms. The van der Waals surface area contributed by atoms with Gasteiger partial charge in [-0.25, -0.2) is 0 Å². The van der Waals surface area contributed by atoms with Gasteiger partial charge in [0.1, 0.15) is 5.75 Å². The third-order valence-electron chi connectivity index (χ3n) is 4.95. The summed E-state index contributed by atoms with van der Waals surface area (Å²) < 4.78 is 5.45. The summed E-state index contributed by atoms with van der Waals surface area (Å²) in [5, 5.41) is 11.8. The van der Waals surface area contributed by atoms with Crippen LogP contribution in [0.1, 0.15) is 12.5 Å². The molecule has 0 aliphatic carbocycles. The van der Waals surface area contributed by atoms with E-state index in [1.54, 1.807) is 31.4 Å². The van der Waals surface area contributed by atoms with Crippen molar-refractivity contribution >= 4 is 17.3 Å². The molecule has 1 saturated heterocycles. The van der Waals surface area contributed by atoms with E-state index in [-0.39, 0.29) is 11.9 Å². The van der Waals surface area contributed by atoms with Gasteiger partial charge in [-0.05, 0) is 43.3 Å². The van der Waals surface area contributed by atoms with Crippen molar-refractivity contribution in [3.63, 3.8) is 0 Å². The van der Waals surface area contributed by atoms with Crippen LogP contribution in [-0.2, 0) is 4.79 Å². The maximum atomic E-state index is 12.6. The fraction of sp³-hybridized carbons (Fsp3) is 0.333. The molecule has 1 aliphatic heterocycles. The molecule has 6 nitrogen and oxygen atoms in total. The van der Waals surface area contributed by atoms with Crippen LogP contribution in [0.3, 0.4) is 0 Å². The van der Waals surface area contributed by atoms with E-state index in [1.807, 2.05) is 25.1 Å². The zero-order chi connectivity index (χ0) is 19.2. The van der Waals surface area contributed by atoms with E-state index < -0.39 is 0 Å². The van der Waals surface area contributed by atoms with E-state index in [1.165, 1.54) is 0 Å². The Morgan fingerprint density at radius 2 is 1.78 bits per heavy atom. The molecule has 1 fully saturated rings. The Bertz CT molecular complexity index is 821. The lowest BCUT2D eigenvalue weighted by Gasteiger charge is -2.38. The standard InChI is InChI=1S/C21H24N4O2/c1-16(21(26)23-18-9-7-17(15-22)8-10-18)24-11-13-25(14-12-24)19-5-3-4-6-20(19)27-2/h3-10,16H,11-14H2,1-2H3,(H,23,26)/t16-/m0/s1. The van der Waals surface area contributed by atoms with Gasteiger partial charge in [-0.3, -0.25) is 9.69 Å². The van der Waals surface area contributed by atoms with Crippen molar-refractivity contribution in [1.29, 1.82) is 5.26 Å². The van der Waals surface area contributed by atoms with E-state index in [9.17, 15) is 4.79 Å². The van der Waals surface area contributed by atoms with Gasteiger partial charge in [0, 0.05) is 31.9 Å². The number of rotatable bonds is 5. The number of ether oxygens (including phenoxy) is 1. The molecule has 1 heterocycles. The molecule has 0 aromatic heterocycles. The number of anilines is 2.